The Labute approximate surface area is 101 Å². The maximum Gasteiger partial charge on any atom is 0.326 e. The first-order chi connectivity index (χ1) is 8.15. The number of H-pyrrole nitrogens is 2. The quantitative estimate of drug-likeness (QED) is 0.865. The summed E-state index contributed by atoms with van der Waals surface area (Å²) in [6.07, 6.45) is 0. The molecule has 0 aliphatic heterocycles. The molecule has 0 bridgehead atoms. The molecule has 0 radical (unpaired) electrons. The summed E-state index contributed by atoms with van der Waals surface area (Å²) in [6, 6.07) is 8.22. The average molecular weight is 253 g/mol. The third-order valence-electron chi connectivity index (χ3n) is 2.04. The maximum absolute atomic E-state index is 11.0. The molecule has 2 rings (SSSR count). The number of benzene rings is 1. The normalized spacial score (nSPS) is 10.2. The minimum absolute atomic E-state index is 0.0723. The Bertz CT molecular complexity index is 605. The Morgan fingerprint density at radius 2 is 1.94 bits per heavy atom. The van der Waals surface area contributed by atoms with E-state index in [4.69, 9.17) is 16.3 Å². The summed E-state index contributed by atoms with van der Waals surface area (Å²) in [7, 11) is 0. The Kier molecular flexibility index (Phi) is 3.30. The van der Waals surface area contributed by atoms with Crippen LogP contribution in [0.25, 0.3) is 0 Å². The minimum Gasteiger partial charge on any atom is -0.486 e. The van der Waals surface area contributed by atoms with Crippen molar-refractivity contribution < 1.29 is 4.74 Å². The van der Waals surface area contributed by atoms with Gasteiger partial charge in [0.25, 0.3) is 5.56 Å². The van der Waals surface area contributed by atoms with Crippen LogP contribution in [0.15, 0.2) is 39.9 Å². The van der Waals surface area contributed by atoms with E-state index in [1.54, 1.807) is 24.3 Å². The number of halogens is 1. The molecule has 1 aromatic carbocycles. The summed E-state index contributed by atoms with van der Waals surface area (Å²) >= 11 is 5.89. The summed E-state index contributed by atoms with van der Waals surface area (Å²) in [6.45, 7) is 0.0723. The van der Waals surface area contributed by atoms with Crippen molar-refractivity contribution in [1.29, 1.82) is 0 Å². The zero-order valence-corrected chi connectivity index (χ0v) is 9.45. The van der Waals surface area contributed by atoms with Crippen molar-refractivity contribution in [2.45, 2.75) is 6.61 Å². The molecule has 88 valence electrons. The Hall–Kier alpha value is -2.01. The fourth-order valence-electron chi connectivity index (χ4n) is 1.31. The highest BCUT2D eigenvalue weighted by Gasteiger charge is 2.01. The molecule has 0 amide bonds. The van der Waals surface area contributed by atoms with Crippen LogP contribution < -0.4 is 16.0 Å². The van der Waals surface area contributed by atoms with E-state index in [9.17, 15) is 9.59 Å². The predicted octanol–water partition coefficient (Wildman–Crippen LogP) is 1.30. The van der Waals surface area contributed by atoms with Crippen molar-refractivity contribution in [1.82, 2.24) is 9.97 Å². The molecule has 2 N–H and O–H groups in total. The molecule has 1 heterocycles. The molecule has 0 aliphatic carbocycles. The van der Waals surface area contributed by atoms with Gasteiger partial charge >= 0.3 is 5.69 Å². The Morgan fingerprint density at radius 3 is 2.65 bits per heavy atom. The van der Waals surface area contributed by atoms with E-state index in [0.717, 1.165) is 0 Å². The highest BCUT2D eigenvalue weighted by molar-refractivity contribution is 6.32. The van der Waals surface area contributed by atoms with Gasteiger partial charge in [0.1, 0.15) is 12.4 Å². The molecular weight excluding hydrogens is 244 g/mol. The number of aromatic amines is 2. The van der Waals surface area contributed by atoms with Crippen LogP contribution in [0.1, 0.15) is 5.69 Å². The van der Waals surface area contributed by atoms with Crippen molar-refractivity contribution in [3.05, 3.63) is 61.9 Å². The molecule has 17 heavy (non-hydrogen) atoms. The van der Waals surface area contributed by atoms with E-state index in [1.165, 1.54) is 6.07 Å². The molecule has 0 saturated heterocycles. The van der Waals surface area contributed by atoms with Crippen LogP contribution >= 0.6 is 11.6 Å². The van der Waals surface area contributed by atoms with Crippen molar-refractivity contribution in [3.8, 4) is 5.75 Å². The SMILES string of the molecule is O=c1cc(COc2ccccc2Cl)[nH]c(=O)[nH]1. The molecule has 1 aromatic heterocycles. The average Bonchev–Trinajstić information content (AvgIpc) is 2.27. The summed E-state index contributed by atoms with van der Waals surface area (Å²) in [5.74, 6) is 0.496. The predicted molar refractivity (Wildman–Crippen MR) is 63.5 cm³/mol. The largest absolute Gasteiger partial charge is 0.486 e. The lowest BCUT2D eigenvalue weighted by molar-refractivity contribution is 0.300. The first-order valence-corrected chi connectivity index (χ1v) is 5.23. The molecule has 2 aromatic rings. The van der Waals surface area contributed by atoms with Crippen LogP contribution in [0, 0.1) is 0 Å². The van der Waals surface area contributed by atoms with Gasteiger partial charge in [0.2, 0.25) is 0 Å². The lowest BCUT2D eigenvalue weighted by atomic mass is 10.3. The van der Waals surface area contributed by atoms with Gasteiger partial charge in [-0.15, -0.1) is 0 Å². The van der Waals surface area contributed by atoms with E-state index in [1.807, 2.05) is 0 Å². The molecular formula is C11H9ClN2O3. The van der Waals surface area contributed by atoms with Crippen LogP contribution in [0.2, 0.25) is 5.02 Å². The van der Waals surface area contributed by atoms with Gasteiger partial charge in [0.15, 0.2) is 0 Å². The van der Waals surface area contributed by atoms with Gasteiger partial charge in [-0.3, -0.25) is 9.78 Å². The molecule has 0 aliphatic rings. The van der Waals surface area contributed by atoms with Gasteiger partial charge in [0.05, 0.1) is 10.7 Å². The van der Waals surface area contributed by atoms with Gasteiger partial charge in [0, 0.05) is 6.07 Å². The van der Waals surface area contributed by atoms with Crippen LogP contribution in [0.5, 0.6) is 5.75 Å². The molecule has 0 saturated carbocycles. The number of rotatable bonds is 3. The molecule has 0 fully saturated rings. The zero-order valence-electron chi connectivity index (χ0n) is 8.70. The third kappa shape index (κ3) is 2.98. The van der Waals surface area contributed by atoms with E-state index in [0.29, 0.717) is 16.5 Å². The van der Waals surface area contributed by atoms with Gasteiger partial charge in [-0.2, -0.15) is 0 Å². The Balaban J connectivity index is 2.15. The summed E-state index contributed by atoms with van der Waals surface area (Å²) < 4.78 is 5.38. The minimum atomic E-state index is -0.560. The van der Waals surface area contributed by atoms with Crippen molar-refractivity contribution in [2.75, 3.05) is 0 Å². The van der Waals surface area contributed by atoms with E-state index in [2.05, 4.69) is 9.97 Å². The number of para-hydroxylation sites is 1. The van der Waals surface area contributed by atoms with E-state index in [-0.39, 0.29) is 6.61 Å². The zero-order chi connectivity index (χ0) is 12.3. The standard InChI is InChI=1S/C11H9ClN2O3/c12-8-3-1-2-4-9(8)17-6-7-5-10(15)14-11(16)13-7/h1-5H,6H2,(H2,13,14,15,16). The number of hydrogen-bond acceptors (Lipinski definition) is 3. The highest BCUT2D eigenvalue weighted by atomic mass is 35.5. The van der Waals surface area contributed by atoms with E-state index < -0.39 is 11.2 Å². The second kappa shape index (κ2) is 4.88. The smallest absolute Gasteiger partial charge is 0.326 e. The van der Waals surface area contributed by atoms with E-state index >= 15 is 0 Å². The van der Waals surface area contributed by atoms with Crippen LogP contribution in [0.3, 0.4) is 0 Å². The number of aromatic nitrogens is 2. The lowest BCUT2D eigenvalue weighted by Crippen LogP contribution is -2.23. The number of hydrogen-bond donors (Lipinski definition) is 2. The van der Waals surface area contributed by atoms with Gasteiger partial charge < -0.3 is 9.72 Å². The van der Waals surface area contributed by atoms with Gasteiger partial charge in [-0.1, -0.05) is 23.7 Å². The molecule has 0 unspecified atom stereocenters. The number of nitrogens with one attached hydrogen (secondary N) is 2. The summed E-state index contributed by atoms with van der Waals surface area (Å²) in [5.41, 5.74) is -0.638. The Morgan fingerprint density at radius 1 is 1.18 bits per heavy atom. The van der Waals surface area contributed by atoms with Gasteiger partial charge in [-0.05, 0) is 12.1 Å². The number of ether oxygens (including phenoxy) is 1. The topological polar surface area (TPSA) is 75.0 Å². The van der Waals surface area contributed by atoms with Crippen molar-refractivity contribution >= 4 is 11.6 Å². The van der Waals surface area contributed by atoms with Crippen LogP contribution in [-0.2, 0) is 6.61 Å². The molecule has 5 nitrogen and oxygen atoms in total. The summed E-state index contributed by atoms with van der Waals surface area (Å²) in [4.78, 5) is 26.6. The second-order valence-corrected chi connectivity index (χ2v) is 3.74. The first-order valence-electron chi connectivity index (χ1n) is 4.85. The lowest BCUT2D eigenvalue weighted by Gasteiger charge is -2.06. The fraction of sp³-hybridized carbons (Fsp3) is 0.0909. The molecule has 0 spiro atoms. The molecule has 0 atom stereocenters. The monoisotopic (exact) mass is 252 g/mol. The highest BCUT2D eigenvalue weighted by Crippen LogP contribution is 2.23. The second-order valence-electron chi connectivity index (χ2n) is 3.33. The van der Waals surface area contributed by atoms with Crippen LogP contribution in [-0.4, -0.2) is 9.97 Å². The third-order valence-corrected chi connectivity index (χ3v) is 2.35. The fourth-order valence-corrected chi connectivity index (χ4v) is 1.50. The van der Waals surface area contributed by atoms with Crippen molar-refractivity contribution in [2.24, 2.45) is 0 Å². The van der Waals surface area contributed by atoms with Gasteiger partial charge in [-0.25, -0.2) is 4.79 Å². The van der Waals surface area contributed by atoms with Crippen LogP contribution in [0.4, 0.5) is 0 Å². The summed E-state index contributed by atoms with van der Waals surface area (Å²) in [5, 5.41) is 0.472. The first kappa shape index (κ1) is 11.5. The molecule has 6 heteroatoms. The maximum atomic E-state index is 11.0. The van der Waals surface area contributed by atoms with Crippen molar-refractivity contribution in [3.63, 3.8) is 0 Å².